The first-order chi connectivity index (χ1) is 7.11. The Labute approximate surface area is 90.1 Å². The van der Waals surface area contributed by atoms with Crippen LogP contribution in [0.2, 0.25) is 6.32 Å². The number of carbonyl (C=O) groups excluding carboxylic acids is 1. The van der Waals surface area contributed by atoms with Gasteiger partial charge in [0.1, 0.15) is 0 Å². The quantitative estimate of drug-likeness (QED) is 0.244. The van der Waals surface area contributed by atoms with Crippen molar-refractivity contribution in [2.75, 3.05) is 6.54 Å². The highest BCUT2D eigenvalue weighted by molar-refractivity contribution is 6.40. The number of hydrogen-bond acceptors (Lipinski definition) is 3. The molecule has 0 aliphatic rings. The van der Waals surface area contributed by atoms with Crippen LogP contribution in [0.15, 0.2) is 37.0 Å². The number of amides is 1. The molecule has 0 bridgehead atoms. The molecule has 0 aromatic carbocycles. The lowest BCUT2D eigenvalue weighted by Crippen LogP contribution is -2.26. The molecule has 0 aromatic heterocycles. The zero-order valence-corrected chi connectivity index (χ0v) is 8.65. The molecule has 5 heteroatoms. The van der Waals surface area contributed by atoms with Gasteiger partial charge < -0.3 is 15.4 Å². The van der Waals surface area contributed by atoms with Crippen LogP contribution in [0.25, 0.3) is 0 Å². The number of hydrogen-bond donors (Lipinski definition) is 3. The molecule has 1 amide bonds. The molecule has 0 saturated carbocycles. The summed E-state index contributed by atoms with van der Waals surface area (Å²) in [5.41, 5.74) is 0.439. The Morgan fingerprint density at radius 2 is 2.07 bits per heavy atom. The van der Waals surface area contributed by atoms with E-state index < -0.39 is 7.12 Å². The van der Waals surface area contributed by atoms with Gasteiger partial charge in [0.2, 0.25) is 0 Å². The Hall–Kier alpha value is -1.33. The van der Waals surface area contributed by atoms with E-state index in [1.165, 1.54) is 12.2 Å². The average Bonchev–Trinajstić information content (AvgIpc) is 2.20. The smallest absolute Gasteiger partial charge is 0.427 e. The second kappa shape index (κ2) is 8.02. The van der Waals surface area contributed by atoms with Crippen molar-refractivity contribution in [2.24, 2.45) is 0 Å². The van der Waals surface area contributed by atoms with Crippen molar-refractivity contribution in [1.82, 2.24) is 5.32 Å². The van der Waals surface area contributed by atoms with Crippen LogP contribution in [-0.2, 0) is 4.79 Å². The fraction of sp³-hybridized carbons (Fsp3) is 0.300. The van der Waals surface area contributed by atoms with E-state index >= 15 is 0 Å². The number of allylic oxidation sites excluding steroid dienone is 2. The molecular formula is C10H16BNO3. The van der Waals surface area contributed by atoms with E-state index in [0.29, 0.717) is 18.5 Å². The van der Waals surface area contributed by atoms with Crippen LogP contribution in [0.5, 0.6) is 0 Å². The highest BCUT2D eigenvalue weighted by Gasteiger charge is 2.07. The van der Waals surface area contributed by atoms with Crippen molar-refractivity contribution in [2.45, 2.75) is 12.7 Å². The van der Waals surface area contributed by atoms with Gasteiger partial charge in [-0.25, -0.2) is 0 Å². The number of carbonyl (C=O) groups is 1. The monoisotopic (exact) mass is 209 g/mol. The molecule has 3 N–H and O–H groups in total. The molecule has 82 valence electrons. The first kappa shape index (κ1) is 13.7. The molecule has 0 heterocycles. The topological polar surface area (TPSA) is 69.6 Å². The Morgan fingerprint density at radius 3 is 2.53 bits per heavy atom. The van der Waals surface area contributed by atoms with Crippen LogP contribution in [-0.4, -0.2) is 29.6 Å². The summed E-state index contributed by atoms with van der Waals surface area (Å²) in [5.74, 6) is -0.239. The van der Waals surface area contributed by atoms with Gasteiger partial charge in [0.15, 0.2) is 0 Å². The molecule has 0 saturated heterocycles. The van der Waals surface area contributed by atoms with Crippen molar-refractivity contribution in [3.8, 4) is 0 Å². The van der Waals surface area contributed by atoms with Crippen molar-refractivity contribution in [1.29, 1.82) is 0 Å². The third kappa shape index (κ3) is 6.71. The van der Waals surface area contributed by atoms with E-state index in [0.717, 1.165) is 0 Å². The van der Waals surface area contributed by atoms with Gasteiger partial charge in [-0.05, 0) is 12.7 Å². The lowest BCUT2D eigenvalue weighted by atomic mass is 9.84. The number of rotatable bonds is 7. The SMILES string of the molecule is C=CC=C(C=C)C(=O)NCCCB(O)O. The maximum atomic E-state index is 11.4. The fourth-order valence-corrected chi connectivity index (χ4v) is 0.952. The van der Waals surface area contributed by atoms with Gasteiger partial charge >= 0.3 is 7.12 Å². The minimum atomic E-state index is -1.32. The third-order valence-corrected chi connectivity index (χ3v) is 1.70. The van der Waals surface area contributed by atoms with Crippen molar-refractivity contribution in [3.63, 3.8) is 0 Å². The molecule has 0 aromatic rings. The molecule has 4 nitrogen and oxygen atoms in total. The highest BCUT2D eigenvalue weighted by Crippen LogP contribution is 1.97. The van der Waals surface area contributed by atoms with Crippen molar-refractivity contribution < 1.29 is 14.8 Å². The van der Waals surface area contributed by atoms with E-state index in [1.54, 1.807) is 6.08 Å². The van der Waals surface area contributed by atoms with Gasteiger partial charge in [-0.2, -0.15) is 0 Å². The normalized spacial score (nSPS) is 10.7. The highest BCUT2D eigenvalue weighted by atomic mass is 16.4. The van der Waals surface area contributed by atoms with Gasteiger partial charge in [-0.15, -0.1) is 0 Å². The van der Waals surface area contributed by atoms with Crippen LogP contribution in [0.3, 0.4) is 0 Å². The predicted molar refractivity (Wildman–Crippen MR) is 61.1 cm³/mol. The molecule has 0 aliphatic heterocycles. The van der Waals surface area contributed by atoms with Gasteiger partial charge in [-0.3, -0.25) is 4.79 Å². The van der Waals surface area contributed by atoms with Gasteiger partial charge in [0.05, 0.1) is 0 Å². The van der Waals surface area contributed by atoms with E-state index in [-0.39, 0.29) is 12.2 Å². The lowest BCUT2D eigenvalue weighted by molar-refractivity contribution is -0.117. The molecule has 15 heavy (non-hydrogen) atoms. The van der Waals surface area contributed by atoms with Gasteiger partial charge in [0.25, 0.3) is 5.91 Å². The van der Waals surface area contributed by atoms with E-state index in [1.807, 2.05) is 0 Å². The zero-order chi connectivity index (χ0) is 11.7. The minimum absolute atomic E-state index is 0.239. The second-order valence-electron chi connectivity index (χ2n) is 2.94. The van der Waals surface area contributed by atoms with Gasteiger partial charge in [0, 0.05) is 12.1 Å². The van der Waals surface area contributed by atoms with Crippen LogP contribution in [0, 0.1) is 0 Å². The first-order valence-electron chi connectivity index (χ1n) is 4.71. The zero-order valence-electron chi connectivity index (χ0n) is 8.65. The fourth-order valence-electron chi connectivity index (χ4n) is 0.952. The molecule has 0 fully saturated rings. The Balaban J connectivity index is 3.87. The standard InChI is InChI=1S/C10H16BNO3/c1-3-6-9(4-2)10(13)12-8-5-7-11(14)15/h3-4,6,14-15H,1-2,5,7-8H2,(H,12,13). The average molecular weight is 209 g/mol. The third-order valence-electron chi connectivity index (χ3n) is 1.70. The van der Waals surface area contributed by atoms with Crippen LogP contribution in [0.4, 0.5) is 0 Å². The largest absolute Gasteiger partial charge is 0.451 e. The summed E-state index contributed by atoms with van der Waals surface area (Å²) in [4.78, 5) is 11.4. The summed E-state index contributed by atoms with van der Waals surface area (Å²) in [5, 5.41) is 19.7. The summed E-state index contributed by atoms with van der Waals surface area (Å²) >= 11 is 0. The van der Waals surface area contributed by atoms with E-state index in [9.17, 15) is 4.79 Å². The van der Waals surface area contributed by atoms with E-state index in [4.69, 9.17) is 10.0 Å². The Bertz CT molecular complexity index is 261. The van der Waals surface area contributed by atoms with Crippen LogP contribution < -0.4 is 5.32 Å². The lowest BCUT2D eigenvalue weighted by Gasteiger charge is -2.04. The summed E-state index contributed by atoms with van der Waals surface area (Å²) in [6, 6.07) is 0. The van der Waals surface area contributed by atoms with E-state index in [2.05, 4.69) is 18.5 Å². The minimum Gasteiger partial charge on any atom is -0.427 e. The molecule has 0 spiro atoms. The summed E-state index contributed by atoms with van der Waals surface area (Å²) in [6.07, 6.45) is 5.27. The van der Waals surface area contributed by atoms with Crippen molar-refractivity contribution >= 4 is 13.0 Å². The Morgan fingerprint density at radius 1 is 1.40 bits per heavy atom. The summed E-state index contributed by atoms with van der Waals surface area (Å²) in [7, 11) is -1.32. The first-order valence-corrected chi connectivity index (χ1v) is 4.71. The Kier molecular flexibility index (Phi) is 7.31. The maximum absolute atomic E-state index is 11.4. The van der Waals surface area contributed by atoms with Gasteiger partial charge in [-0.1, -0.05) is 31.4 Å². The second-order valence-corrected chi connectivity index (χ2v) is 2.94. The molecule has 0 radical (unpaired) electrons. The molecule has 0 rings (SSSR count). The molecular weight excluding hydrogens is 193 g/mol. The summed E-state index contributed by atoms with van der Waals surface area (Å²) < 4.78 is 0. The molecule has 0 unspecified atom stereocenters. The number of nitrogens with one attached hydrogen (secondary N) is 1. The molecule has 0 aliphatic carbocycles. The maximum Gasteiger partial charge on any atom is 0.451 e. The predicted octanol–water partition coefficient (Wildman–Crippen LogP) is 0.264. The van der Waals surface area contributed by atoms with Crippen LogP contribution >= 0.6 is 0 Å². The summed E-state index contributed by atoms with van der Waals surface area (Å²) in [6.45, 7) is 7.38. The van der Waals surface area contributed by atoms with Crippen molar-refractivity contribution in [3.05, 3.63) is 37.0 Å². The molecule has 0 atom stereocenters. The van der Waals surface area contributed by atoms with Crippen LogP contribution in [0.1, 0.15) is 6.42 Å².